The molecule has 0 saturated carbocycles. The molecule has 2 rings (SSSR count). The Labute approximate surface area is 176 Å². The monoisotopic (exact) mass is 462 g/mol. The van der Waals surface area contributed by atoms with Crippen molar-refractivity contribution in [1.29, 1.82) is 5.26 Å². The number of benzene rings is 1. The second-order valence-electron chi connectivity index (χ2n) is 5.77. The largest absolute Gasteiger partial charge is 0.493 e. The van der Waals surface area contributed by atoms with E-state index in [1.807, 2.05) is 6.92 Å². The van der Waals surface area contributed by atoms with E-state index in [1.165, 1.54) is 13.3 Å². The molecule has 9 nitrogen and oxygen atoms in total. The second-order valence-corrected chi connectivity index (χ2v) is 6.62. The summed E-state index contributed by atoms with van der Waals surface area (Å²) in [5.74, 6) is -0.141. The minimum Gasteiger partial charge on any atom is -0.493 e. The Hall–Kier alpha value is -3.16. The van der Waals surface area contributed by atoms with Crippen LogP contribution in [0.5, 0.6) is 11.5 Å². The van der Waals surface area contributed by atoms with Crippen LogP contribution in [0.3, 0.4) is 0 Å². The number of ether oxygens (including phenoxy) is 3. The number of nitrogens with zero attached hydrogens (tertiary/aromatic N) is 3. The van der Waals surface area contributed by atoms with Gasteiger partial charge in [-0.3, -0.25) is 5.43 Å². The fraction of sp³-hybridized carbons (Fsp3) is 0.263. The third-order valence-corrected chi connectivity index (χ3v) is 4.34. The molecule has 1 aromatic heterocycles. The van der Waals surface area contributed by atoms with Crippen molar-refractivity contribution in [2.45, 2.75) is 13.5 Å². The highest BCUT2D eigenvalue weighted by Gasteiger charge is 2.12. The number of carbonyl (C=O) groups is 1. The Morgan fingerprint density at radius 3 is 2.76 bits per heavy atom. The number of nitriles is 1. The summed E-state index contributed by atoms with van der Waals surface area (Å²) in [6.07, 6.45) is 1.51. The Kier molecular flexibility index (Phi) is 7.94. The number of hydrogen-bond acceptors (Lipinski definition) is 8. The average molecular weight is 463 g/mol. The van der Waals surface area contributed by atoms with Gasteiger partial charge in [0.25, 0.3) is 0 Å². The summed E-state index contributed by atoms with van der Waals surface area (Å²) >= 11 is 3.39. The molecule has 2 aromatic rings. The molecule has 0 aliphatic carbocycles. The van der Waals surface area contributed by atoms with E-state index in [1.54, 1.807) is 25.3 Å². The molecule has 29 heavy (non-hydrogen) atoms. The van der Waals surface area contributed by atoms with E-state index in [9.17, 15) is 10.1 Å². The zero-order chi connectivity index (χ0) is 21.4. The summed E-state index contributed by atoms with van der Waals surface area (Å²) < 4.78 is 16.2. The molecule has 152 valence electrons. The molecule has 1 aromatic carbocycles. The zero-order valence-electron chi connectivity index (χ0n) is 16.0. The average Bonchev–Trinajstić information content (AvgIpc) is 2.67. The maximum Gasteiger partial charge on any atom is 0.341 e. The summed E-state index contributed by atoms with van der Waals surface area (Å²) in [4.78, 5) is 15.0. The number of hydrogen-bond donors (Lipinski definition) is 2. The lowest BCUT2D eigenvalue weighted by Crippen LogP contribution is -2.10. The van der Waals surface area contributed by atoms with Gasteiger partial charge in [0.2, 0.25) is 0 Å². The molecule has 0 radical (unpaired) electrons. The van der Waals surface area contributed by atoms with Crippen LogP contribution >= 0.6 is 15.9 Å². The summed E-state index contributed by atoms with van der Waals surface area (Å²) in [5.41, 5.74) is 5.20. The van der Waals surface area contributed by atoms with Crippen molar-refractivity contribution in [3.05, 3.63) is 45.1 Å². The molecule has 0 aliphatic heterocycles. The number of aromatic nitrogens is 1. The van der Waals surface area contributed by atoms with Gasteiger partial charge in [0, 0.05) is 28.4 Å². The number of carboxylic acids is 1. The van der Waals surface area contributed by atoms with E-state index in [0.717, 1.165) is 5.69 Å². The fourth-order valence-corrected chi connectivity index (χ4v) is 2.87. The predicted octanol–water partition coefficient (Wildman–Crippen LogP) is 3.09. The highest BCUT2D eigenvalue weighted by Crippen LogP contribution is 2.33. The molecule has 0 bridgehead atoms. The Morgan fingerprint density at radius 1 is 1.38 bits per heavy atom. The molecule has 0 unspecified atom stereocenters. The van der Waals surface area contributed by atoms with Crippen LogP contribution in [0.15, 0.2) is 27.8 Å². The van der Waals surface area contributed by atoms with Gasteiger partial charge in [-0.05, 0) is 41.1 Å². The number of nitrogens with one attached hydrogen (secondary N) is 1. The quantitative estimate of drug-likeness (QED) is 0.429. The summed E-state index contributed by atoms with van der Waals surface area (Å²) in [5, 5.41) is 22.4. The van der Waals surface area contributed by atoms with Crippen LogP contribution in [0.4, 0.5) is 5.82 Å². The summed E-state index contributed by atoms with van der Waals surface area (Å²) in [6.45, 7) is 1.61. The number of hydrazone groups is 1. The first-order chi connectivity index (χ1) is 13.9. The van der Waals surface area contributed by atoms with Crippen LogP contribution in [0.25, 0.3) is 0 Å². The molecular weight excluding hydrogens is 444 g/mol. The Balaban J connectivity index is 2.27. The molecule has 10 heteroatoms. The number of pyridine rings is 1. The zero-order valence-corrected chi connectivity index (χ0v) is 17.6. The molecule has 0 atom stereocenters. The van der Waals surface area contributed by atoms with Crippen LogP contribution in [0, 0.1) is 18.3 Å². The van der Waals surface area contributed by atoms with E-state index < -0.39 is 12.6 Å². The van der Waals surface area contributed by atoms with Crippen LogP contribution < -0.4 is 14.9 Å². The number of anilines is 1. The third-order valence-electron chi connectivity index (χ3n) is 3.65. The smallest absolute Gasteiger partial charge is 0.341 e. The molecule has 0 spiro atoms. The van der Waals surface area contributed by atoms with Gasteiger partial charge in [-0.25, -0.2) is 9.78 Å². The number of carboxylic acid groups (broad SMARTS) is 1. The lowest BCUT2D eigenvalue weighted by Gasteiger charge is -2.11. The highest BCUT2D eigenvalue weighted by atomic mass is 79.9. The number of methoxy groups -OCH3 is 2. The van der Waals surface area contributed by atoms with Crippen LogP contribution in [-0.2, 0) is 16.1 Å². The summed E-state index contributed by atoms with van der Waals surface area (Å²) in [6, 6.07) is 7.12. The number of halogens is 1. The van der Waals surface area contributed by atoms with Crippen LogP contribution in [0.2, 0.25) is 0 Å². The molecule has 1 heterocycles. The molecule has 2 N–H and O–H groups in total. The summed E-state index contributed by atoms with van der Waals surface area (Å²) in [7, 11) is 3.00. The van der Waals surface area contributed by atoms with Crippen molar-refractivity contribution in [3.63, 3.8) is 0 Å². The lowest BCUT2D eigenvalue weighted by atomic mass is 10.1. The molecular formula is C19H19BrN4O5. The normalized spacial score (nSPS) is 10.6. The SMILES string of the molecule is COCc1cc(C)nc(N/N=C/c2cc(OC)c(OCC(=O)O)cc2Br)c1C#N. The van der Waals surface area contributed by atoms with Gasteiger partial charge >= 0.3 is 5.97 Å². The van der Waals surface area contributed by atoms with Crippen molar-refractivity contribution in [2.24, 2.45) is 5.10 Å². The van der Waals surface area contributed by atoms with Crippen LogP contribution in [-0.4, -0.2) is 43.1 Å². The topological polar surface area (TPSA) is 126 Å². The maximum atomic E-state index is 10.7. The molecule has 0 aliphatic rings. The fourth-order valence-electron chi connectivity index (χ4n) is 2.44. The second kappa shape index (κ2) is 10.4. The van der Waals surface area contributed by atoms with Crippen molar-refractivity contribution >= 4 is 33.9 Å². The molecule has 0 amide bonds. The minimum absolute atomic E-state index is 0.281. The lowest BCUT2D eigenvalue weighted by molar-refractivity contribution is -0.139. The first kappa shape index (κ1) is 22.1. The van der Waals surface area contributed by atoms with Gasteiger partial charge in [-0.2, -0.15) is 10.4 Å². The number of aliphatic carboxylic acids is 1. The Bertz CT molecular complexity index is 972. The van der Waals surface area contributed by atoms with E-state index in [2.05, 4.69) is 37.5 Å². The molecule has 0 fully saturated rings. The number of rotatable bonds is 9. The van der Waals surface area contributed by atoms with Crippen molar-refractivity contribution in [1.82, 2.24) is 4.98 Å². The van der Waals surface area contributed by atoms with Crippen molar-refractivity contribution in [2.75, 3.05) is 26.3 Å². The number of aryl methyl sites for hydroxylation is 1. The van der Waals surface area contributed by atoms with Gasteiger partial charge in [0.15, 0.2) is 23.9 Å². The minimum atomic E-state index is -1.09. The van der Waals surface area contributed by atoms with E-state index in [0.29, 0.717) is 32.7 Å². The predicted molar refractivity (Wildman–Crippen MR) is 109 cm³/mol. The first-order valence-electron chi connectivity index (χ1n) is 8.30. The standard InChI is InChI=1S/C19H19BrN4O5/c1-11-4-13(9-27-2)14(7-21)19(23-11)24-22-8-12-5-16(28-3)17(6-15(12)20)29-10-18(25)26/h4-6,8H,9-10H2,1-3H3,(H,23,24)(H,25,26)/b22-8+. The first-order valence-corrected chi connectivity index (χ1v) is 9.09. The van der Waals surface area contributed by atoms with E-state index in [-0.39, 0.29) is 12.4 Å². The van der Waals surface area contributed by atoms with Gasteiger partial charge in [-0.1, -0.05) is 0 Å². The highest BCUT2D eigenvalue weighted by molar-refractivity contribution is 9.10. The van der Waals surface area contributed by atoms with Gasteiger partial charge in [0.1, 0.15) is 11.6 Å². The van der Waals surface area contributed by atoms with Gasteiger partial charge in [-0.15, -0.1) is 0 Å². The third kappa shape index (κ3) is 5.91. The van der Waals surface area contributed by atoms with Gasteiger partial charge in [0.05, 0.1) is 19.9 Å². The van der Waals surface area contributed by atoms with Crippen LogP contribution in [0.1, 0.15) is 22.4 Å². The van der Waals surface area contributed by atoms with Gasteiger partial charge < -0.3 is 19.3 Å². The van der Waals surface area contributed by atoms with Crippen molar-refractivity contribution < 1.29 is 24.1 Å². The molecule has 0 saturated heterocycles. The van der Waals surface area contributed by atoms with E-state index >= 15 is 0 Å². The maximum absolute atomic E-state index is 10.7. The Morgan fingerprint density at radius 2 is 2.14 bits per heavy atom. The van der Waals surface area contributed by atoms with Crippen molar-refractivity contribution in [3.8, 4) is 17.6 Å². The van der Waals surface area contributed by atoms with E-state index in [4.69, 9.17) is 19.3 Å².